The molecular weight excluding hydrogens is 322 g/mol. The zero-order valence-electron chi connectivity index (χ0n) is 14.0. The third-order valence-corrected chi connectivity index (χ3v) is 4.51. The van der Waals surface area contributed by atoms with Crippen LogP contribution in [0.15, 0.2) is 16.5 Å². The Bertz CT molecular complexity index is 997. The number of furan rings is 1. The van der Waals surface area contributed by atoms with Gasteiger partial charge in [0.05, 0.1) is 5.56 Å². The fraction of sp³-hybridized carbons (Fsp3) is 0.353. The fourth-order valence-electron chi connectivity index (χ4n) is 3.38. The van der Waals surface area contributed by atoms with Gasteiger partial charge in [-0.25, -0.2) is 9.78 Å². The van der Waals surface area contributed by atoms with Gasteiger partial charge in [0.25, 0.3) is 0 Å². The molecule has 3 aromatic rings. The van der Waals surface area contributed by atoms with Crippen molar-refractivity contribution in [2.75, 3.05) is 30.3 Å². The maximum Gasteiger partial charge on any atom is 0.335 e. The topological polar surface area (TPSA) is 118 Å². The lowest BCUT2D eigenvalue weighted by Crippen LogP contribution is -2.49. The van der Waals surface area contributed by atoms with E-state index in [-0.39, 0.29) is 11.5 Å². The number of carboxylic acid groups (broad SMARTS) is 1. The Labute approximate surface area is 143 Å². The van der Waals surface area contributed by atoms with E-state index in [2.05, 4.69) is 27.1 Å². The van der Waals surface area contributed by atoms with Crippen LogP contribution in [0.1, 0.15) is 22.8 Å². The van der Waals surface area contributed by atoms with Gasteiger partial charge >= 0.3 is 5.97 Å². The van der Waals surface area contributed by atoms with Gasteiger partial charge in [0.2, 0.25) is 5.95 Å². The molecule has 130 valence electrons. The molecule has 2 aromatic heterocycles. The second-order valence-corrected chi connectivity index (χ2v) is 6.46. The fourth-order valence-corrected chi connectivity index (χ4v) is 3.38. The van der Waals surface area contributed by atoms with Gasteiger partial charge < -0.3 is 25.5 Å². The van der Waals surface area contributed by atoms with Gasteiger partial charge in [-0.05, 0) is 31.5 Å². The van der Waals surface area contributed by atoms with Gasteiger partial charge in [-0.2, -0.15) is 4.98 Å². The number of benzene rings is 1. The summed E-state index contributed by atoms with van der Waals surface area (Å²) >= 11 is 0. The van der Waals surface area contributed by atoms with E-state index >= 15 is 0 Å². The molecule has 1 aliphatic rings. The van der Waals surface area contributed by atoms with Crippen molar-refractivity contribution in [2.45, 2.75) is 19.9 Å². The molecule has 0 bridgehead atoms. The van der Waals surface area contributed by atoms with Crippen LogP contribution in [-0.4, -0.2) is 46.7 Å². The molecule has 0 aliphatic carbocycles. The predicted octanol–water partition coefficient (Wildman–Crippen LogP) is 1.76. The summed E-state index contributed by atoms with van der Waals surface area (Å²) in [4.78, 5) is 22.2. The second kappa shape index (κ2) is 5.59. The quantitative estimate of drug-likeness (QED) is 0.645. The summed E-state index contributed by atoms with van der Waals surface area (Å²) in [7, 11) is 0. The first-order valence-electron chi connectivity index (χ1n) is 8.16. The molecule has 4 rings (SSSR count). The molecule has 1 atom stereocenters. The summed E-state index contributed by atoms with van der Waals surface area (Å²) in [5, 5.41) is 13.3. The molecule has 3 heterocycles. The molecule has 1 fully saturated rings. The highest BCUT2D eigenvalue weighted by atomic mass is 16.4. The summed E-state index contributed by atoms with van der Waals surface area (Å²) in [6.07, 6.45) is 0. The number of rotatable bonds is 2. The second-order valence-electron chi connectivity index (χ2n) is 6.46. The summed E-state index contributed by atoms with van der Waals surface area (Å²) in [5.41, 5.74) is 8.58. The highest BCUT2D eigenvalue weighted by Gasteiger charge is 2.24. The zero-order valence-corrected chi connectivity index (χ0v) is 14.0. The van der Waals surface area contributed by atoms with Crippen LogP contribution in [0.5, 0.6) is 0 Å². The summed E-state index contributed by atoms with van der Waals surface area (Å²) < 4.78 is 6.06. The molecule has 0 unspecified atom stereocenters. The van der Waals surface area contributed by atoms with Crippen LogP contribution in [-0.2, 0) is 0 Å². The molecule has 1 aromatic carbocycles. The number of aryl methyl sites for hydroxylation is 1. The van der Waals surface area contributed by atoms with Gasteiger partial charge in [-0.1, -0.05) is 0 Å². The minimum absolute atomic E-state index is 0.148. The van der Waals surface area contributed by atoms with Crippen LogP contribution in [0.4, 0.5) is 11.8 Å². The van der Waals surface area contributed by atoms with Gasteiger partial charge in [0, 0.05) is 31.1 Å². The molecule has 0 radical (unpaired) electrons. The van der Waals surface area contributed by atoms with E-state index in [9.17, 15) is 9.90 Å². The van der Waals surface area contributed by atoms with Gasteiger partial charge in [-0.15, -0.1) is 0 Å². The van der Waals surface area contributed by atoms with E-state index in [0.717, 1.165) is 25.2 Å². The van der Waals surface area contributed by atoms with E-state index in [1.54, 1.807) is 12.1 Å². The van der Waals surface area contributed by atoms with Gasteiger partial charge in [-0.3, -0.25) is 0 Å². The Morgan fingerprint density at radius 2 is 2.20 bits per heavy atom. The number of nitrogens with zero attached hydrogens (tertiary/aromatic N) is 3. The smallest absolute Gasteiger partial charge is 0.335 e. The SMILES string of the molecule is Cc1cc(C(=O)O)cc2c1oc1c(N3CCN[C@@H](C)C3)nc(N)nc12. The molecule has 8 nitrogen and oxygen atoms in total. The number of hydrogen-bond acceptors (Lipinski definition) is 7. The Balaban J connectivity index is 1.99. The third-order valence-electron chi connectivity index (χ3n) is 4.51. The van der Waals surface area contributed by atoms with Crippen LogP contribution >= 0.6 is 0 Å². The number of carboxylic acids is 1. The van der Waals surface area contributed by atoms with Crippen molar-refractivity contribution >= 4 is 39.8 Å². The predicted molar refractivity (Wildman–Crippen MR) is 95.1 cm³/mol. The van der Waals surface area contributed by atoms with Gasteiger partial charge in [0.15, 0.2) is 11.4 Å². The molecule has 4 N–H and O–H groups in total. The van der Waals surface area contributed by atoms with Crippen molar-refractivity contribution in [1.29, 1.82) is 0 Å². The third kappa shape index (κ3) is 2.54. The summed E-state index contributed by atoms with van der Waals surface area (Å²) in [5.74, 6) is -0.185. The number of fused-ring (bicyclic) bond motifs is 3. The standard InChI is InChI=1S/C17H19N5O3/c1-8-5-10(16(23)24)6-11-12-14(25-13(8)11)15(21-17(18)20-12)22-4-3-19-9(2)7-22/h5-6,9,19H,3-4,7H2,1-2H3,(H,23,24)(H2,18,20,21)/t9-/m0/s1. The van der Waals surface area contributed by atoms with E-state index in [4.69, 9.17) is 10.2 Å². The highest BCUT2D eigenvalue weighted by Crippen LogP contribution is 2.35. The van der Waals surface area contributed by atoms with E-state index < -0.39 is 5.97 Å². The van der Waals surface area contributed by atoms with Crippen molar-refractivity contribution in [3.8, 4) is 0 Å². The Morgan fingerprint density at radius 1 is 1.40 bits per heavy atom. The number of anilines is 2. The van der Waals surface area contributed by atoms with Crippen LogP contribution in [0.3, 0.4) is 0 Å². The van der Waals surface area contributed by atoms with Crippen LogP contribution in [0, 0.1) is 6.92 Å². The number of aromatic carboxylic acids is 1. The molecule has 0 spiro atoms. The van der Waals surface area contributed by atoms with Crippen LogP contribution < -0.4 is 16.0 Å². The zero-order chi connectivity index (χ0) is 17.7. The number of carbonyl (C=O) groups is 1. The van der Waals surface area contributed by atoms with Crippen molar-refractivity contribution < 1.29 is 14.3 Å². The molecule has 0 amide bonds. The normalized spacial score (nSPS) is 18.2. The van der Waals surface area contributed by atoms with E-state index in [0.29, 0.717) is 33.9 Å². The first-order chi connectivity index (χ1) is 11.9. The number of hydrogen-bond donors (Lipinski definition) is 3. The Hall–Kier alpha value is -2.87. The number of piperazine rings is 1. The lowest BCUT2D eigenvalue weighted by Gasteiger charge is -2.32. The molecule has 8 heteroatoms. The minimum atomic E-state index is -0.988. The number of nitrogens with one attached hydrogen (secondary N) is 1. The molecule has 1 saturated heterocycles. The number of aromatic nitrogens is 2. The van der Waals surface area contributed by atoms with Crippen LogP contribution in [0.25, 0.3) is 22.1 Å². The van der Waals surface area contributed by atoms with E-state index in [1.165, 1.54) is 0 Å². The number of nitrogens with two attached hydrogens (primary N) is 1. The summed E-state index contributed by atoms with van der Waals surface area (Å²) in [6.45, 7) is 6.33. The van der Waals surface area contributed by atoms with Crippen molar-refractivity contribution in [3.63, 3.8) is 0 Å². The van der Waals surface area contributed by atoms with Crippen molar-refractivity contribution in [2.24, 2.45) is 0 Å². The molecule has 25 heavy (non-hydrogen) atoms. The summed E-state index contributed by atoms with van der Waals surface area (Å²) in [6, 6.07) is 3.49. The van der Waals surface area contributed by atoms with Gasteiger partial charge in [0.1, 0.15) is 11.1 Å². The molecular formula is C17H19N5O3. The average Bonchev–Trinajstić information content (AvgIpc) is 2.93. The van der Waals surface area contributed by atoms with Crippen molar-refractivity contribution in [3.05, 3.63) is 23.3 Å². The lowest BCUT2D eigenvalue weighted by molar-refractivity contribution is 0.0697. The lowest BCUT2D eigenvalue weighted by atomic mass is 10.1. The largest absolute Gasteiger partial charge is 0.478 e. The maximum atomic E-state index is 11.4. The molecule has 1 aliphatic heterocycles. The first kappa shape index (κ1) is 15.6. The maximum absolute atomic E-state index is 11.4. The number of nitrogen functional groups attached to an aromatic ring is 1. The molecule has 0 saturated carbocycles. The van der Waals surface area contributed by atoms with E-state index in [1.807, 2.05) is 6.92 Å². The average molecular weight is 341 g/mol. The monoisotopic (exact) mass is 341 g/mol. The Kier molecular flexibility index (Phi) is 3.50. The minimum Gasteiger partial charge on any atom is -0.478 e. The van der Waals surface area contributed by atoms with Crippen LogP contribution in [0.2, 0.25) is 0 Å². The Morgan fingerprint density at radius 3 is 2.92 bits per heavy atom. The van der Waals surface area contributed by atoms with Crippen molar-refractivity contribution in [1.82, 2.24) is 15.3 Å². The first-order valence-corrected chi connectivity index (χ1v) is 8.16. The highest BCUT2D eigenvalue weighted by molar-refractivity contribution is 6.09.